The minimum Gasteiger partial charge on any atom is -0.396 e. The van der Waals surface area contributed by atoms with Crippen LogP contribution in [0.5, 0.6) is 0 Å². The van der Waals surface area contributed by atoms with Gasteiger partial charge in [-0.2, -0.15) is 0 Å². The first-order valence-corrected chi connectivity index (χ1v) is 3.54. The standard InChI is InChI=1S/C6H13NO4/c1-2-6(9,7(10)11)4-3-5-8/h8-9H,2-5H2,1H3. The Morgan fingerprint density at radius 1 is 1.64 bits per heavy atom. The molecule has 0 radical (unpaired) electrons. The summed E-state index contributed by atoms with van der Waals surface area (Å²) >= 11 is 0. The average Bonchev–Trinajstić information content (AvgIpc) is 2.00. The number of nitrogens with zero attached hydrogens (tertiary/aromatic N) is 1. The number of hydrogen-bond donors (Lipinski definition) is 2. The summed E-state index contributed by atoms with van der Waals surface area (Å²) in [6.07, 6.45) is 0.332. The molecule has 0 spiro atoms. The van der Waals surface area contributed by atoms with Crippen LogP contribution in [0.4, 0.5) is 0 Å². The maximum Gasteiger partial charge on any atom is 0.322 e. The van der Waals surface area contributed by atoms with Crippen molar-refractivity contribution >= 4 is 0 Å². The van der Waals surface area contributed by atoms with Crippen LogP contribution in [0.25, 0.3) is 0 Å². The van der Waals surface area contributed by atoms with Gasteiger partial charge in [0.25, 0.3) is 0 Å². The predicted octanol–water partition coefficient (Wildman–Crippen LogP) is 0.134. The lowest BCUT2D eigenvalue weighted by Gasteiger charge is -2.16. The van der Waals surface area contributed by atoms with E-state index in [4.69, 9.17) is 5.11 Å². The third kappa shape index (κ3) is 2.81. The van der Waals surface area contributed by atoms with E-state index in [0.717, 1.165) is 0 Å². The highest BCUT2D eigenvalue weighted by Crippen LogP contribution is 2.16. The van der Waals surface area contributed by atoms with Crippen molar-refractivity contribution in [2.75, 3.05) is 6.61 Å². The lowest BCUT2D eigenvalue weighted by molar-refractivity contribution is -0.626. The fourth-order valence-electron chi connectivity index (χ4n) is 0.759. The minimum atomic E-state index is -1.84. The summed E-state index contributed by atoms with van der Waals surface area (Å²) in [5, 5.41) is 27.8. The first-order valence-electron chi connectivity index (χ1n) is 3.54. The van der Waals surface area contributed by atoms with E-state index in [1.165, 1.54) is 0 Å². The molecule has 5 nitrogen and oxygen atoms in total. The first-order chi connectivity index (χ1) is 5.06. The fraction of sp³-hybridized carbons (Fsp3) is 1.00. The van der Waals surface area contributed by atoms with Gasteiger partial charge >= 0.3 is 5.72 Å². The maximum atomic E-state index is 10.2. The number of hydrogen-bond acceptors (Lipinski definition) is 4. The Bertz CT molecular complexity index is 139. The van der Waals surface area contributed by atoms with Crippen LogP contribution in [0, 0.1) is 10.1 Å². The van der Waals surface area contributed by atoms with Crippen LogP contribution < -0.4 is 0 Å². The average molecular weight is 163 g/mol. The molecule has 0 aliphatic heterocycles. The molecule has 11 heavy (non-hydrogen) atoms. The Morgan fingerprint density at radius 3 is 2.45 bits per heavy atom. The molecule has 0 fully saturated rings. The molecule has 0 aromatic carbocycles. The van der Waals surface area contributed by atoms with E-state index < -0.39 is 10.6 Å². The molecule has 0 aliphatic rings. The molecule has 0 rings (SSSR count). The Balaban J connectivity index is 3.99. The highest BCUT2D eigenvalue weighted by Gasteiger charge is 2.36. The molecule has 0 aromatic heterocycles. The van der Waals surface area contributed by atoms with Crippen LogP contribution in [-0.4, -0.2) is 27.5 Å². The molecular weight excluding hydrogens is 150 g/mol. The lowest BCUT2D eigenvalue weighted by atomic mass is 10.1. The molecule has 1 unspecified atom stereocenters. The molecule has 66 valence electrons. The van der Waals surface area contributed by atoms with E-state index in [9.17, 15) is 15.2 Å². The summed E-state index contributed by atoms with van der Waals surface area (Å²) in [5.41, 5.74) is -1.84. The monoisotopic (exact) mass is 163 g/mol. The zero-order chi connectivity index (χ0) is 8.91. The number of rotatable bonds is 5. The molecule has 0 saturated heterocycles. The van der Waals surface area contributed by atoms with Crippen molar-refractivity contribution in [1.82, 2.24) is 0 Å². The van der Waals surface area contributed by atoms with E-state index in [2.05, 4.69) is 0 Å². The Kier molecular flexibility index (Phi) is 3.99. The lowest BCUT2D eigenvalue weighted by Crippen LogP contribution is -2.37. The van der Waals surface area contributed by atoms with Crippen LogP contribution in [-0.2, 0) is 0 Å². The Labute approximate surface area is 64.8 Å². The highest BCUT2D eigenvalue weighted by molar-refractivity contribution is 4.62. The minimum absolute atomic E-state index is 0.00694. The van der Waals surface area contributed by atoms with Crippen LogP contribution in [0.15, 0.2) is 0 Å². The van der Waals surface area contributed by atoms with Crippen LogP contribution >= 0.6 is 0 Å². The second-order valence-corrected chi connectivity index (χ2v) is 2.42. The molecule has 0 aromatic rings. The summed E-state index contributed by atoms with van der Waals surface area (Å²) in [6.45, 7) is 1.41. The summed E-state index contributed by atoms with van der Waals surface area (Å²) in [6, 6.07) is 0. The van der Waals surface area contributed by atoms with Gasteiger partial charge in [-0.25, -0.2) is 0 Å². The van der Waals surface area contributed by atoms with Gasteiger partial charge in [-0.15, -0.1) is 0 Å². The van der Waals surface area contributed by atoms with Gasteiger partial charge in [0.2, 0.25) is 0 Å². The van der Waals surface area contributed by atoms with E-state index in [-0.39, 0.29) is 25.9 Å². The van der Waals surface area contributed by atoms with Gasteiger partial charge < -0.3 is 10.2 Å². The topological polar surface area (TPSA) is 83.6 Å². The highest BCUT2D eigenvalue weighted by atomic mass is 16.7. The van der Waals surface area contributed by atoms with Gasteiger partial charge in [0.05, 0.1) is 4.92 Å². The van der Waals surface area contributed by atoms with Gasteiger partial charge in [0.15, 0.2) is 0 Å². The summed E-state index contributed by atoms with van der Waals surface area (Å²) in [4.78, 5) is 9.53. The van der Waals surface area contributed by atoms with Crippen molar-refractivity contribution in [2.45, 2.75) is 31.9 Å². The molecule has 0 saturated carbocycles. The Hall–Kier alpha value is -0.680. The summed E-state index contributed by atoms with van der Waals surface area (Å²) < 4.78 is 0. The van der Waals surface area contributed by atoms with Gasteiger partial charge in [-0.1, -0.05) is 6.92 Å². The smallest absolute Gasteiger partial charge is 0.322 e. The van der Waals surface area contributed by atoms with Gasteiger partial charge in [0.1, 0.15) is 0 Å². The zero-order valence-corrected chi connectivity index (χ0v) is 6.49. The zero-order valence-electron chi connectivity index (χ0n) is 6.49. The van der Waals surface area contributed by atoms with E-state index >= 15 is 0 Å². The van der Waals surface area contributed by atoms with Crippen molar-refractivity contribution in [1.29, 1.82) is 0 Å². The second kappa shape index (κ2) is 4.25. The third-order valence-corrected chi connectivity index (χ3v) is 1.64. The van der Waals surface area contributed by atoms with Crippen LogP contribution in [0.3, 0.4) is 0 Å². The largest absolute Gasteiger partial charge is 0.396 e. The number of aliphatic hydroxyl groups excluding tert-OH is 1. The maximum absolute atomic E-state index is 10.2. The first kappa shape index (κ1) is 10.3. The molecule has 0 heterocycles. The number of aliphatic hydroxyl groups is 2. The van der Waals surface area contributed by atoms with E-state index in [1.807, 2.05) is 0 Å². The Morgan fingerprint density at radius 2 is 2.18 bits per heavy atom. The number of nitro groups is 1. The van der Waals surface area contributed by atoms with Crippen molar-refractivity contribution in [3.05, 3.63) is 10.1 Å². The molecule has 1 atom stereocenters. The summed E-state index contributed by atoms with van der Waals surface area (Å²) in [5.74, 6) is 0. The predicted molar refractivity (Wildman–Crippen MR) is 38.6 cm³/mol. The molecule has 0 bridgehead atoms. The van der Waals surface area contributed by atoms with Crippen LogP contribution in [0.1, 0.15) is 26.2 Å². The second-order valence-electron chi connectivity index (χ2n) is 2.42. The van der Waals surface area contributed by atoms with Crippen molar-refractivity contribution in [2.24, 2.45) is 0 Å². The van der Waals surface area contributed by atoms with Crippen molar-refractivity contribution in [3.63, 3.8) is 0 Å². The molecular formula is C6H13NO4. The SMILES string of the molecule is CCC(O)(CCCO)[N+](=O)[O-]. The molecule has 2 N–H and O–H groups in total. The van der Waals surface area contributed by atoms with Gasteiger partial charge in [-0.05, 0) is 6.42 Å². The molecule has 0 amide bonds. The molecule has 0 aliphatic carbocycles. The third-order valence-electron chi connectivity index (χ3n) is 1.64. The fourth-order valence-corrected chi connectivity index (χ4v) is 0.759. The van der Waals surface area contributed by atoms with Crippen molar-refractivity contribution < 1.29 is 15.1 Å². The van der Waals surface area contributed by atoms with Crippen LogP contribution in [0.2, 0.25) is 0 Å². The van der Waals surface area contributed by atoms with Crippen molar-refractivity contribution in [3.8, 4) is 0 Å². The quantitative estimate of drug-likeness (QED) is 0.343. The van der Waals surface area contributed by atoms with Gasteiger partial charge in [-0.3, -0.25) is 10.1 Å². The van der Waals surface area contributed by atoms with E-state index in [0.29, 0.717) is 0 Å². The normalized spacial score (nSPS) is 15.9. The van der Waals surface area contributed by atoms with Gasteiger partial charge in [0, 0.05) is 19.4 Å². The van der Waals surface area contributed by atoms with E-state index in [1.54, 1.807) is 6.92 Å². The summed E-state index contributed by atoms with van der Waals surface area (Å²) in [7, 11) is 0. The molecule has 5 heteroatoms.